The highest BCUT2D eigenvalue weighted by molar-refractivity contribution is 6.19. The van der Waals surface area contributed by atoms with Gasteiger partial charge in [-0.2, -0.15) is 0 Å². The molecule has 142 valence electrons. The van der Waals surface area contributed by atoms with Gasteiger partial charge >= 0.3 is 5.97 Å². The van der Waals surface area contributed by atoms with Gasteiger partial charge in [0.05, 0.1) is 29.1 Å². The van der Waals surface area contributed by atoms with Gasteiger partial charge in [-0.25, -0.2) is 4.79 Å². The van der Waals surface area contributed by atoms with E-state index < -0.39 is 5.97 Å². The maximum Gasteiger partial charge on any atom is 0.338 e. The second kappa shape index (κ2) is 6.67. The number of aromatic nitrogens is 1. The first-order valence-electron chi connectivity index (χ1n) is 9.47. The molecule has 4 nitrogen and oxygen atoms in total. The molecule has 29 heavy (non-hydrogen) atoms. The number of phenolic OH excluding ortho intramolecular Hbond substituents is 1. The maximum absolute atomic E-state index is 12.4. The Kier molecular flexibility index (Phi) is 3.98. The normalized spacial score (nSPS) is 11.3. The van der Waals surface area contributed by atoms with Gasteiger partial charge in [0.25, 0.3) is 0 Å². The minimum Gasteiger partial charge on any atom is -0.507 e. The standard InChI is InChI=1S/C25H19NO3/c1-29-25(28)19-11-5-12-20-23(19)24-21(13-6-14-22(24)27)26(20)15-17-9-4-8-16-7-2-3-10-18(16)17/h2-14,27H,15H2,1H3. The SMILES string of the molecule is COC(=O)c1cccc2c1c1c(O)cccc1n2Cc1cccc2ccccc12. The third-order valence-electron chi connectivity index (χ3n) is 5.51. The van der Waals surface area contributed by atoms with Crippen molar-refractivity contribution in [3.05, 3.63) is 90.0 Å². The molecule has 0 radical (unpaired) electrons. The molecule has 5 rings (SSSR count). The fourth-order valence-electron chi connectivity index (χ4n) is 4.22. The van der Waals surface area contributed by atoms with Crippen LogP contribution in [0.3, 0.4) is 0 Å². The third-order valence-corrected chi connectivity index (χ3v) is 5.51. The summed E-state index contributed by atoms with van der Waals surface area (Å²) in [5, 5.41) is 14.4. The van der Waals surface area contributed by atoms with E-state index in [0.29, 0.717) is 22.9 Å². The van der Waals surface area contributed by atoms with Gasteiger partial charge in [-0.1, -0.05) is 54.6 Å². The topological polar surface area (TPSA) is 51.5 Å². The fraction of sp³-hybridized carbons (Fsp3) is 0.0800. The Hall–Kier alpha value is -3.79. The van der Waals surface area contributed by atoms with E-state index in [1.54, 1.807) is 12.1 Å². The van der Waals surface area contributed by atoms with Crippen LogP contribution in [-0.4, -0.2) is 22.8 Å². The molecule has 4 heteroatoms. The van der Waals surface area contributed by atoms with E-state index in [1.165, 1.54) is 23.4 Å². The first-order chi connectivity index (χ1) is 14.2. The van der Waals surface area contributed by atoms with Crippen LogP contribution in [-0.2, 0) is 11.3 Å². The molecule has 0 unspecified atom stereocenters. The number of aromatic hydroxyl groups is 1. The van der Waals surface area contributed by atoms with Gasteiger partial charge in [-0.15, -0.1) is 0 Å². The Morgan fingerprint density at radius 1 is 0.862 bits per heavy atom. The molecule has 1 N–H and O–H groups in total. The second-order valence-corrected chi connectivity index (χ2v) is 7.09. The number of carbonyl (C=O) groups excluding carboxylic acids is 1. The monoisotopic (exact) mass is 381 g/mol. The van der Waals surface area contributed by atoms with Gasteiger partial charge in [0.15, 0.2) is 0 Å². The van der Waals surface area contributed by atoms with Crippen molar-refractivity contribution in [3.63, 3.8) is 0 Å². The largest absolute Gasteiger partial charge is 0.507 e. The number of ether oxygens (including phenoxy) is 1. The van der Waals surface area contributed by atoms with Gasteiger partial charge < -0.3 is 14.4 Å². The molecule has 1 aromatic heterocycles. The molecule has 0 amide bonds. The summed E-state index contributed by atoms with van der Waals surface area (Å²) in [6, 6.07) is 25.6. The summed E-state index contributed by atoms with van der Waals surface area (Å²) >= 11 is 0. The van der Waals surface area contributed by atoms with E-state index in [0.717, 1.165) is 11.0 Å². The molecule has 1 heterocycles. The lowest BCUT2D eigenvalue weighted by molar-refractivity contribution is 0.0603. The number of hydrogen-bond donors (Lipinski definition) is 1. The molecule has 0 aliphatic rings. The highest BCUT2D eigenvalue weighted by Gasteiger charge is 2.20. The lowest BCUT2D eigenvalue weighted by atomic mass is 10.0. The third kappa shape index (κ3) is 2.64. The number of methoxy groups -OCH3 is 1. The number of rotatable bonds is 3. The number of benzene rings is 4. The summed E-state index contributed by atoms with van der Waals surface area (Å²) in [4.78, 5) is 12.4. The van der Waals surface area contributed by atoms with Gasteiger partial charge in [0.2, 0.25) is 0 Å². The van der Waals surface area contributed by atoms with Crippen molar-refractivity contribution in [3.8, 4) is 5.75 Å². The van der Waals surface area contributed by atoms with E-state index in [2.05, 4.69) is 34.9 Å². The zero-order valence-corrected chi connectivity index (χ0v) is 15.9. The number of fused-ring (bicyclic) bond motifs is 4. The molecule has 0 aliphatic carbocycles. The molecule has 0 saturated carbocycles. The zero-order valence-electron chi connectivity index (χ0n) is 15.9. The van der Waals surface area contributed by atoms with Crippen molar-refractivity contribution < 1.29 is 14.6 Å². The van der Waals surface area contributed by atoms with Crippen molar-refractivity contribution in [1.82, 2.24) is 4.57 Å². The summed E-state index contributed by atoms with van der Waals surface area (Å²) < 4.78 is 7.14. The lowest BCUT2D eigenvalue weighted by Crippen LogP contribution is -2.03. The van der Waals surface area contributed by atoms with E-state index in [4.69, 9.17) is 4.74 Å². The van der Waals surface area contributed by atoms with E-state index in [9.17, 15) is 9.90 Å². The molecular formula is C25H19NO3. The quantitative estimate of drug-likeness (QED) is 0.421. The lowest BCUT2D eigenvalue weighted by Gasteiger charge is -2.11. The Balaban J connectivity index is 1.84. The van der Waals surface area contributed by atoms with Gasteiger partial charge in [-0.05, 0) is 40.6 Å². The van der Waals surface area contributed by atoms with Crippen LogP contribution < -0.4 is 0 Å². The minimum absolute atomic E-state index is 0.153. The smallest absolute Gasteiger partial charge is 0.338 e. The predicted octanol–water partition coefficient (Wildman–Crippen LogP) is 5.49. The van der Waals surface area contributed by atoms with Crippen LogP contribution in [0, 0.1) is 0 Å². The summed E-state index contributed by atoms with van der Waals surface area (Å²) in [5.74, 6) is -0.261. The number of esters is 1. The Bertz CT molecular complexity index is 1390. The molecular weight excluding hydrogens is 362 g/mol. The van der Waals surface area contributed by atoms with Crippen LogP contribution in [0.2, 0.25) is 0 Å². The number of carbonyl (C=O) groups is 1. The first kappa shape index (κ1) is 17.3. The second-order valence-electron chi connectivity index (χ2n) is 7.09. The highest BCUT2D eigenvalue weighted by Crippen LogP contribution is 2.38. The highest BCUT2D eigenvalue weighted by atomic mass is 16.5. The molecule has 0 bridgehead atoms. The minimum atomic E-state index is -0.414. The van der Waals surface area contributed by atoms with Crippen molar-refractivity contribution in [2.75, 3.05) is 7.11 Å². The van der Waals surface area contributed by atoms with Crippen molar-refractivity contribution in [2.45, 2.75) is 6.54 Å². The fourth-order valence-corrected chi connectivity index (χ4v) is 4.22. The van der Waals surface area contributed by atoms with Crippen molar-refractivity contribution >= 4 is 38.5 Å². The summed E-state index contributed by atoms with van der Waals surface area (Å²) in [5.41, 5.74) is 3.39. The van der Waals surface area contributed by atoms with Gasteiger partial charge in [0.1, 0.15) is 5.75 Å². The number of phenols is 1. The average Bonchev–Trinajstić information content (AvgIpc) is 3.08. The molecule has 4 aromatic carbocycles. The van der Waals surface area contributed by atoms with E-state index in [-0.39, 0.29) is 5.75 Å². The Morgan fingerprint density at radius 2 is 1.55 bits per heavy atom. The molecule has 0 aliphatic heterocycles. The zero-order chi connectivity index (χ0) is 20.0. The van der Waals surface area contributed by atoms with Crippen molar-refractivity contribution in [2.24, 2.45) is 0 Å². The summed E-state index contributed by atoms with van der Waals surface area (Å²) in [6.45, 7) is 0.620. The summed E-state index contributed by atoms with van der Waals surface area (Å²) in [7, 11) is 1.37. The van der Waals surface area contributed by atoms with Gasteiger partial charge in [-0.3, -0.25) is 0 Å². The van der Waals surface area contributed by atoms with Crippen molar-refractivity contribution in [1.29, 1.82) is 0 Å². The first-order valence-corrected chi connectivity index (χ1v) is 9.47. The van der Waals surface area contributed by atoms with Crippen LogP contribution in [0.25, 0.3) is 32.6 Å². The van der Waals surface area contributed by atoms with Crippen LogP contribution in [0.15, 0.2) is 78.9 Å². The molecule has 0 atom stereocenters. The van der Waals surface area contributed by atoms with E-state index in [1.807, 2.05) is 36.4 Å². The van der Waals surface area contributed by atoms with Gasteiger partial charge in [0, 0.05) is 11.9 Å². The van der Waals surface area contributed by atoms with Crippen LogP contribution >= 0.6 is 0 Å². The molecule has 5 aromatic rings. The average molecular weight is 381 g/mol. The summed E-state index contributed by atoms with van der Waals surface area (Å²) in [6.07, 6.45) is 0. The number of nitrogens with zero attached hydrogens (tertiary/aromatic N) is 1. The predicted molar refractivity (Wildman–Crippen MR) is 115 cm³/mol. The molecule has 0 saturated heterocycles. The molecule has 0 spiro atoms. The van der Waals surface area contributed by atoms with E-state index >= 15 is 0 Å². The Labute approximate surface area is 167 Å². The number of hydrogen-bond acceptors (Lipinski definition) is 3. The maximum atomic E-state index is 12.4. The molecule has 0 fully saturated rings. The van der Waals surface area contributed by atoms with Crippen LogP contribution in [0.4, 0.5) is 0 Å². The van der Waals surface area contributed by atoms with Crippen LogP contribution in [0.1, 0.15) is 15.9 Å². The van der Waals surface area contributed by atoms with Crippen LogP contribution in [0.5, 0.6) is 5.75 Å². The Morgan fingerprint density at radius 3 is 2.38 bits per heavy atom.